The molecule has 1 aromatic carbocycles. The summed E-state index contributed by atoms with van der Waals surface area (Å²) in [5, 5.41) is 37.0. The first-order valence-electron chi connectivity index (χ1n) is 16.5. The summed E-state index contributed by atoms with van der Waals surface area (Å²) in [5.41, 5.74) is -5.62. The molecule has 3 N–H and O–H groups in total. The molecule has 9 atom stereocenters. The minimum Gasteiger partial charge on any atom is -0.455 e. The normalized spacial score (nSPS) is 39.9. The number of fused-ring (bicyclic) bond motifs is 5. The monoisotopic (exact) mass is 657 g/mol. The topological polar surface area (TPSA) is 161 Å². The molecule has 12 nitrogen and oxygen atoms in total. The van der Waals surface area contributed by atoms with E-state index >= 15 is 0 Å². The summed E-state index contributed by atoms with van der Waals surface area (Å²) in [4.78, 5) is 43.6. The highest BCUT2D eigenvalue weighted by Crippen LogP contribution is 2.64. The Labute approximate surface area is 274 Å². The standard InChI is InChI=1S/C35H47NO11/c1-20-23(44-16-13-36-11-14-43-15-12-36)18-35(42)30(46-31(41)22-9-7-6-8-10-22)28-33(5,29(40)27(39)26(20)32(35,3)4)24(38)17-25-34(28,19-45-25)47-21(2)37/h6-10,23-25,27-28,30,38-39,42H,11-19H2,1-5H3/t23-,24-,25+,27+,28-,30-,33+,34-,35+/m0/s1. The summed E-state index contributed by atoms with van der Waals surface area (Å²) >= 11 is 0. The van der Waals surface area contributed by atoms with Gasteiger partial charge in [0, 0.05) is 44.8 Å². The number of nitrogens with zero attached hydrogens (tertiary/aromatic N) is 1. The fourth-order valence-corrected chi connectivity index (χ4v) is 8.98. The van der Waals surface area contributed by atoms with Gasteiger partial charge in [0.2, 0.25) is 0 Å². The van der Waals surface area contributed by atoms with Crippen molar-refractivity contribution in [3.8, 4) is 0 Å². The molecule has 0 radical (unpaired) electrons. The van der Waals surface area contributed by atoms with Crippen molar-refractivity contribution in [3.63, 3.8) is 0 Å². The van der Waals surface area contributed by atoms with E-state index in [2.05, 4.69) is 4.90 Å². The van der Waals surface area contributed by atoms with Gasteiger partial charge >= 0.3 is 11.9 Å². The lowest BCUT2D eigenvalue weighted by molar-refractivity contribution is -0.346. The Kier molecular flexibility index (Phi) is 8.95. The average molecular weight is 658 g/mol. The van der Waals surface area contributed by atoms with Crippen molar-refractivity contribution in [3.05, 3.63) is 47.0 Å². The van der Waals surface area contributed by atoms with Crippen LogP contribution in [0, 0.1) is 16.7 Å². The van der Waals surface area contributed by atoms with E-state index in [0.29, 0.717) is 31.9 Å². The number of hydrogen-bond donors (Lipinski definition) is 3. The maximum absolute atomic E-state index is 14.7. The lowest BCUT2D eigenvalue weighted by Crippen LogP contribution is -2.81. The Morgan fingerprint density at radius 3 is 2.38 bits per heavy atom. The van der Waals surface area contributed by atoms with Gasteiger partial charge in [-0.15, -0.1) is 0 Å². The number of Topliss-reactive ketones (excluding diaryl/α,β-unsaturated/α-hetero) is 1. The van der Waals surface area contributed by atoms with Gasteiger partial charge in [0.1, 0.15) is 23.9 Å². The molecule has 2 aliphatic heterocycles. The molecular weight excluding hydrogens is 610 g/mol. The first kappa shape index (κ1) is 34.2. The molecule has 3 aliphatic carbocycles. The van der Waals surface area contributed by atoms with Gasteiger partial charge in [-0.3, -0.25) is 14.5 Å². The van der Waals surface area contributed by atoms with Crippen LogP contribution < -0.4 is 0 Å². The van der Waals surface area contributed by atoms with Crippen LogP contribution in [0.3, 0.4) is 0 Å². The molecular formula is C35H47NO11. The smallest absolute Gasteiger partial charge is 0.338 e. The van der Waals surface area contributed by atoms with Gasteiger partial charge in [0.25, 0.3) is 0 Å². The summed E-state index contributed by atoms with van der Waals surface area (Å²) in [5.74, 6) is -3.43. The quantitative estimate of drug-likeness (QED) is 0.286. The predicted molar refractivity (Wildman–Crippen MR) is 166 cm³/mol. The first-order chi connectivity index (χ1) is 22.2. The molecule has 4 fully saturated rings. The van der Waals surface area contributed by atoms with Crippen molar-refractivity contribution in [2.45, 2.75) is 89.2 Å². The molecule has 2 saturated carbocycles. The lowest BCUT2D eigenvalue weighted by atomic mass is 9.44. The molecule has 0 spiro atoms. The zero-order chi connectivity index (χ0) is 33.9. The van der Waals surface area contributed by atoms with Gasteiger partial charge in [-0.25, -0.2) is 4.79 Å². The highest BCUT2D eigenvalue weighted by molar-refractivity contribution is 5.94. The fraction of sp³-hybridized carbons (Fsp3) is 0.686. The number of esters is 2. The highest BCUT2D eigenvalue weighted by Gasteiger charge is 2.77. The van der Waals surface area contributed by atoms with Gasteiger partial charge < -0.3 is 39.0 Å². The molecule has 2 bridgehead atoms. The number of rotatable bonds is 7. The zero-order valence-electron chi connectivity index (χ0n) is 27.8. The number of aliphatic hydroxyl groups excluding tert-OH is 2. The summed E-state index contributed by atoms with van der Waals surface area (Å²) in [7, 11) is 0. The summed E-state index contributed by atoms with van der Waals surface area (Å²) in [6.45, 7) is 11.5. The third-order valence-corrected chi connectivity index (χ3v) is 11.8. The van der Waals surface area contributed by atoms with Crippen LogP contribution in [0.25, 0.3) is 0 Å². The van der Waals surface area contributed by atoms with Gasteiger partial charge in [-0.1, -0.05) is 32.0 Å². The van der Waals surface area contributed by atoms with Crippen LogP contribution in [0.5, 0.6) is 0 Å². The highest BCUT2D eigenvalue weighted by atomic mass is 16.6. The minimum atomic E-state index is -1.98. The number of morpholine rings is 1. The Bertz CT molecular complexity index is 1420. The number of aliphatic hydroxyl groups is 3. The van der Waals surface area contributed by atoms with E-state index < -0.39 is 76.2 Å². The molecule has 0 aromatic heterocycles. The molecule has 2 heterocycles. The third-order valence-electron chi connectivity index (χ3n) is 11.8. The van der Waals surface area contributed by atoms with Crippen molar-refractivity contribution in [2.24, 2.45) is 16.7 Å². The number of ether oxygens (including phenoxy) is 5. The summed E-state index contributed by atoms with van der Waals surface area (Å²) < 4.78 is 30.1. The van der Waals surface area contributed by atoms with Crippen LogP contribution in [0.2, 0.25) is 0 Å². The van der Waals surface area contributed by atoms with E-state index in [1.165, 1.54) is 13.8 Å². The summed E-state index contributed by atoms with van der Waals surface area (Å²) in [6, 6.07) is 8.27. The number of carbonyl (C=O) groups excluding carboxylic acids is 3. The molecule has 2 saturated heterocycles. The number of carbonyl (C=O) groups is 3. The van der Waals surface area contributed by atoms with Crippen molar-refractivity contribution in [1.82, 2.24) is 4.90 Å². The summed E-state index contributed by atoms with van der Waals surface area (Å²) in [6.07, 6.45) is -6.34. The molecule has 5 aliphatic rings. The Morgan fingerprint density at radius 2 is 1.77 bits per heavy atom. The Morgan fingerprint density at radius 1 is 1.09 bits per heavy atom. The maximum Gasteiger partial charge on any atom is 0.338 e. The SMILES string of the molecule is CC(=O)O[C@@]12CO[C@@H]1C[C@H](O)[C@@]1(C)C(=O)[C@H](O)C3=C(C)[C@@H](OCCN4CCOCC4)C[C@@](O)([C@@H](OC(=O)c4ccccc4)[C@H]21)C3(C)C. The zero-order valence-corrected chi connectivity index (χ0v) is 27.8. The second-order valence-corrected chi connectivity index (χ2v) is 14.5. The number of hydrogen-bond acceptors (Lipinski definition) is 12. The van der Waals surface area contributed by atoms with Crippen LogP contribution >= 0.6 is 0 Å². The van der Waals surface area contributed by atoms with E-state index in [9.17, 15) is 29.7 Å². The molecule has 0 amide bonds. The van der Waals surface area contributed by atoms with Crippen molar-refractivity contribution < 1.29 is 53.4 Å². The van der Waals surface area contributed by atoms with Crippen LogP contribution in [-0.2, 0) is 33.3 Å². The fourth-order valence-electron chi connectivity index (χ4n) is 8.98. The molecule has 47 heavy (non-hydrogen) atoms. The van der Waals surface area contributed by atoms with Crippen molar-refractivity contribution >= 4 is 17.7 Å². The molecule has 258 valence electrons. The van der Waals surface area contributed by atoms with Gasteiger partial charge in [-0.2, -0.15) is 0 Å². The molecule has 12 heteroatoms. The third kappa shape index (κ3) is 5.27. The van der Waals surface area contributed by atoms with Crippen LogP contribution in [-0.4, -0.2) is 126 Å². The van der Waals surface area contributed by atoms with Crippen molar-refractivity contribution in [2.75, 3.05) is 46.1 Å². The first-order valence-corrected chi connectivity index (χ1v) is 16.5. The van der Waals surface area contributed by atoms with Crippen molar-refractivity contribution in [1.29, 1.82) is 0 Å². The minimum absolute atomic E-state index is 0.0591. The Hall–Kier alpha value is -2.71. The van der Waals surface area contributed by atoms with E-state index in [0.717, 1.165) is 13.1 Å². The van der Waals surface area contributed by atoms with Gasteiger partial charge in [0.15, 0.2) is 11.4 Å². The number of benzene rings is 1. The van der Waals surface area contributed by atoms with Gasteiger partial charge in [-0.05, 0) is 37.1 Å². The van der Waals surface area contributed by atoms with Crippen LogP contribution in [0.1, 0.15) is 57.8 Å². The Balaban J connectivity index is 1.51. The maximum atomic E-state index is 14.7. The van der Waals surface area contributed by atoms with Gasteiger partial charge in [0.05, 0.1) is 55.5 Å². The predicted octanol–water partition coefficient (Wildman–Crippen LogP) is 1.44. The molecule has 1 aromatic rings. The largest absolute Gasteiger partial charge is 0.455 e. The number of ketones is 1. The lowest BCUT2D eigenvalue weighted by Gasteiger charge is -2.67. The second kappa shape index (κ2) is 12.3. The van der Waals surface area contributed by atoms with E-state index in [1.54, 1.807) is 51.1 Å². The van der Waals surface area contributed by atoms with E-state index in [4.69, 9.17) is 23.7 Å². The van der Waals surface area contributed by atoms with Crippen LogP contribution in [0.15, 0.2) is 41.5 Å². The van der Waals surface area contributed by atoms with E-state index in [1.807, 2.05) is 0 Å². The average Bonchev–Trinajstić information content (AvgIpc) is 3.03. The molecule has 6 rings (SSSR count). The van der Waals surface area contributed by atoms with Crippen LogP contribution in [0.4, 0.5) is 0 Å². The second-order valence-electron chi connectivity index (χ2n) is 14.5. The van der Waals surface area contributed by atoms with E-state index in [-0.39, 0.29) is 30.6 Å². The molecule has 0 unspecified atom stereocenters.